The molecular weight excluding hydrogens is 276 g/mol. The van der Waals surface area contributed by atoms with Crippen molar-refractivity contribution in [3.8, 4) is 0 Å². The number of fused-ring (bicyclic) bond motifs is 1. The van der Waals surface area contributed by atoms with Gasteiger partial charge in [0.1, 0.15) is 0 Å². The van der Waals surface area contributed by atoms with Gasteiger partial charge in [-0.25, -0.2) is 0 Å². The molecular formula is C18H20N2O2. The molecule has 3 rings (SSSR count). The van der Waals surface area contributed by atoms with Crippen LogP contribution in [0.3, 0.4) is 0 Å². The summed E-state index contributed by atoms with van der Waals surface area (Å²) in [7, 11) is 0. The fraction of sp³-hybridized carbons (Fsp3) is 0.333. The monoisotopic (exact) mass is 296 g/mol. The third-order valence-corrected chi connectivity index (χ3v) is 4.26. The van der Waals surface area contributed by atoms with Crippen molar-refractivity contribution in [1.29, 1.82) is 0 Å². The SMILES string of the molecule is CC(=O)c1cccc(Nc2c(C)[nH]c(=O)c3c2CCCC3)c1. The first-order valence-corrected chi connectivity index (χ1v) is 7.69. The van der Waals surface area contributed by atoms with Crippen molar-refractivity contribution >= 4 is 17.2 Å². The van der Waals surface area contributed by atoms with Crippen LogP contribution in [0.4, 0.5) is 11.4 Å². The molecule has 1 aromatic heterocycles. The molecule has 2 aromatic rings. The Morgan fingerprint density at radius 1 is 1.18 bits per heavy atom. The second-order valence-corrected chi connectivity index (χ2v) is 5.88. The normalized spacial score (nSPS) is 13.5. The van der Waals surface area contributed by atoms with Crippen molar-refractivity contribution in [3.05, 3.63) is 57.0 Å². The van der Waals surface area contributed by atoms with Gasteiger partial charge in [-0.3, -0.25) is 9.59 Å². The van der Waals surface area contributed by atoms with Crippen LogP contribution in [0.2, 0.25) is 0 Å². The van der Waals surface area contributed by atoms with Gasteiger partial charge in [0.15, 0.2) is 5.78 Å². The number of pyridine rings is 1. The molecule has 22 heavy (non-hydrogen) atoms. The lowest BCUT2D eigenvalue weighted by atomic mass is 9.91. The van der Waals surface area contributed by atoms with Gasteiger partial charge in [0.05, 0.1) is 5.69 Å². The lowest BCUT2D eigenvalue weighted by Crippen LogP contribution is -2.22. The van der Waals surface area contributed by atoms with E-state index < -0.39 is 0 Å². The Bertz CT molecular complexity index is 790. The molecule has 2 N–H and O–H groups in total. The van der Waals surface area contributed by atoms with E-state index in [0.29, 0.717) is 5.56 Å². The van der Waals surface area contributed by atoms with Crippen molar-refractivity contribution in [3.63, 3.8) is 0 Å². The van der Waals surface area contributed by atoms with E-state index in [1.165, 1.54) is 0 Å². The van der Waals surface area contributed by atoms with Gasteiger partial charge in [0.25, 0.3) is 5.56 Å². The molecule has 1 heterocycles. The molecule has 0 aliphatic heterocycles. The number of H-pyrrole nitrogens is 1. The number of Topliss-reactive ketones (excluding diaryl/α,β-unsaturated/α-hetero) is 1. The molecule has 0 atom stereocenters. The topological polar surface area (TPSA) is 62.0 Å². The van der Waals surface area contributed by atoms with Crippen molar-refractivity contribution in [1.82, 2.24) is 4.98 Å². The number of hydrogen-bond donors (Lipinski definition) is 2. The Labute approximate surface area is 129 Å². The molecule has 4 heteroatoms. The molecule has 4 nitrogen and oxygen atoms in total. The Morgan fingerprint density at radius 2 is 1.91 bits per heavy atom. The lowest BCUT2D eigenvalue weighted by Gasteiger charge is -2.21. The highest BCUT2D eigenvalue weighted by atomic mass is 16.1. The van der Waals surface area contributed by atoms with Crippen LogP contribution in [-0.2, 0) is 12.8 Å². The smallest absolute Gasteiger partial charge is 0.251 e. The minimum atomic E-state index is 0.0373. The molecule has 1 aliphatic carbocycles. The number of nitrogens with one attached hydrogen (secondary N) is 2. The number of carbonyl (C=O) groups is 1. The maximum absolute atomic E-state index is 12.1. The van der Waals surface area contributed by atoms with Crippen LogP contribution in [-0.4, -0.2) is 10.8 Å². The van der Waals surface area contributed by atoms with Crippen LogP contribution in [0.25, 0.3) is 0 Å². The Kier molecular flexibility index (Phi) is 3.84. The molecule has 0 radical (unpaired) electrons. The minimum Gasteiger partial charge on any atom is -0.354 e. The highest BCUT2D eigenvalue weighted by Crippen LogP contribution is 2.30. The van der Waals surface area contributed by atoms with Crippen molar-refractivity contribution < 1.29 is 4.79 Å². The van der Waals surface area contributed by atoms with Gasteiger partial charge >= 0.3 is 0 Å². The van der Waals surface area contributed by atoms with E-state index in [0.717, 1.165) is 53.9 Å². The molecule has 0 bridgehead atoms. The summed E-state index contributed by atoms with van der Waals surface area (Å²) in [6.07, 6.45) is 3.94. The van der Waals surface area contributed by atoms with Gasteiger partial charge in [-0.15, -0.1) is 0 Å². The van der Waals surface area contributed by atoms with Crippen LogP contribution in [0.15, 0.2) is 29.1 Å². The van der Waals surface area contributed by atoms with E-state index >= 15 is 0 Å². The van der Waals surface area contributed by atoms with E-state index in [1.807, 2.05) is 31.2 Å². The zero-order chi connectivity index (χ0) is 15.7. The number of aromatic amines is 1. The minimum absolute atomic E-state index is 0.0373. The summed E-state index contributed by atoms with van der Waals surface area (Å²) >= 11 is 0. The average molecular weight is 296 g/mol. The maximum atomic E-state index is 12.1. The van der Waals surface area contributed by atoms with E-state index in [9.17, 15) is 9.59 Å². The Morgan fingerprint density at radius 3 is 2.64 bits per heavy atom. The van der Waals surface area contributed by atoms with Gasteiger partial charge in [-0.1, -0.05) is 12.1 Å². The molecule has 0 fully saturated rings. The first-order chi connectivity index (χ1) is 10.6. The summed E-state index contributed by atoms with van der Waals surface area (Å²) < 4.78 is 0. The predicted molar refractivity (Wildman–Crippen MR) is 88.2 cm³/mol. The number of carbonyl (C=O) groups excluding carboxylic acids is 1. The molecule has 0 unspecified atom stereocenters. The highest BCUT2D eigenvalue weighted by molar-refractivity contribution is 5.95. The maximum Gasteiger partial charge on any atom is 0.251 e. The summed E-state index contributed by atoms with van der Waals surface area (Å²) in [5, 5.41) is 3.40. The van der Waals surface area contributed by atoms with E-state index in [1.54, 1.807) is 6.92 Å². The summed E-state index contributed by atoms with van der Waals surface area (Å²) in [6, 6.07) is 7.46. The lowest BCUT2D eigenvalue weighted by molar-refractivity contribution is 0.101. The molecule has 1 aromatic carbocycles. The molecule has 114 valence electrons. The third-order valence-electron chi connectivity index (χ3n) is 4.26. The van der Waals surface area contributed by atoms with Gasteiger partial charge in [-0.05, 0) is 57.2 Å². The number of rotatable bonds is 3. The number of aryl methyl sites for hydroxylation is 1. The first kappa shape index (κ1) is 14.6. The van der Waals surface area contributed by atoms with Crippen LogP contribution in [0, 0.1) is 6.92 Å². The standard InChI is InChI=1S/C18H20N2O2/c1-11-17(15-8-3-4-9-16(15)18(22)19-11)20-14-7-5-6-13(10-14)12(2)21/h5-7,10,20H,3-4,8-9H2,1-2H3,(H,19,22). The Balaban J connectivity index is 2.04. The molecule has 0 spiro atoms. The van der Waals surface area contributed by atoms with Crippen molar-refractivity contribution in [2.45, 2.75) is 39.5 Å². The van der Waals surface area contributed by atoms with Gasteiger partial charge in [-0.2, -0.15) is 0 Å². The molecule has 0 amide bonds. The van der Waals surface area contributed by atoms with Crippen LogP contribution < -0.4 is 10.9 Å². The summed E-state index contributed by atoms with van der Waals surface area (Å²) in [4.78, 5) is 26.6. The third kappa shape index (κ3) is 2.69. The first-order valence-electron chi connectivity index (χ1n) is 7.69. The number of hydrogen-bond acceptors (Lipinski definition) is 3. The number of aromatic nitrogens is 1. The average Bonchev–Trinajstić information content (AvgIpc) is 2.52. The predicted octanol–water partition coefficient (Wildman–Crippen LogP) is 3.51. The van der Waals surface area contributed by atoms with Crippen LogP contribution in [0.5, 0.6) is 0 Å². The molecule has 1 aliphatic rings. The Hall–Kier alpha value is -2.36. The highest BCUT2D eigenvalue weighted by Gasteiger charge is 2.19. The fourth-order valence-electron chi connectivity index (χ4n) is 3.10. The number of ketones is 1. The summed E-state index contributed by atoms with van der Waals surface area (Å²) in [5.74, 6) is 0.0452. The second kappa shape index (κ2) is 5.79. The number of benzene rings is 1. The van der Waals surface area contributed by atoms with E-state index in [-0.39, 0.29) is 11.3 Å². The second-order valence-electron chi connectivity index (χ2n) is 5.88. The zero-order valence-corrected chi connectivity index (χ0v) is 13.0. The van der Waals surface area contributed by atoms with E-state index in [4.69, 9.17) is 0 Å². The largest absolute Gasteiger partial charge is 0.354 e. The van der Waals surface area contributed by atoms with Crippen molar-refractivity contribution in [2.75, 3.05) is 5.32 Å². The summed E-state index contributed by atoms with van der Waals surface area (Å²) in [5.41, 5.74) is 5.45. The van der Waals surface area contributed by atoms with Gasteiger partial charge in [0, 0.05) is 22.5 Å². The van der Waals surface area contributed by atoms with Crippen LogP contribution in [0.1, 0.15) is 46.9 Å². The summed E-state index contributed by atoms with van der Waals surface area (Å²) in [6.45, 7) is 3.47. The van der Waals surface area contributed by atoms with Crippen molar-refractivity contribution in [2.24, 2.45) is 0 Å². The van der Waals surface area contributed by atoms with Gasteiger partial charge in [0.2, 0.25) is 0 Å². The van der Waals surface area contributed by atoms with Crippen LogP contribution >= 0.6 is 0 Å². The fourth-order valence-corrected chi connectivity index (χ4v) is 3.10. The van der Waals surface area contributed by atoms with E-state index in [2.05, 4.69) is 10.3 Å². The number of anilines is 2. The molecule has 0 saturated heterocycles. The zero-order valence-electron chi connectivity index (χ0n) is 13.0. The quantitative estimate of drug-likeness (QED) is 0.852. The molecule has 0 saturated carbocycles. The van der Waals surface area contributed by atoms with Gasteiger partial charge < -0.3 is 10.3 Å².